The van der Waals surface area contributed by atoms with E-state index in [-0.39, 0.29) is 11.3 Å². The molecule has 29 heavy (non-hydrogen) atoms. The lowest BCUT2D eigenvalue weighted by Crippen LogP contribution is -2.34. The molecular weight excluding hydrogens is 410 g/mol. The van der Waals surface area contributed by atoms with Gasteiger partial charge in [0.1, 0.15) is 5.75 Å². The zero-order valence-corrected chi connectivity index (χ0v) is 15.4. The van der Waals surface area contributed by atoms with Gasteiger partial charge >= 0.3 is 17.2 Å². The fourth-order valence-corrected chi connectivity index (χ4v) is 2.72. The van der Waals surface area contributed by atoms with E-state index in [2.05, 4.69) is 4.74 Å². The van der Waals surface area contributed by atoms with Gasteiger partial charge in [-0.15, -0.1) is 0 Å². The number of fused-ring (bicyclic) bond motifs is 1. The predicted molar refractivity (Wildman–Crippen MR) is 95.5 cm³/mol. The van der Waals surface area contributed by atoms with Crippen molar-refractivity contribution in [1.29, 1.82) is 0 Å². The fourth-order valence-electron chi connectivity index (χ4n) is 2.52. The highest BCUT2D eigenvalue weighted by molar-refractivity contribution is 7.86. The van der Waals surface area contributed by atoms with Crippen molar-refractivity contribution in [2.45, 2.75) is 11.7 Å². The summed E-state index contributed by atoms with van der Waals surface area (Å²) in [5, 5.41) is -4.73. The Morgan fingerprint density at radius 2 is 1.69 bits per heavy atom. The first-order valence-electron chi connectivity index (χ1n) is 8.19. The van der Waals surface area contributed by atoms with Crippen molar-refractivity contribution in [2.24, 2.45) is 0 Å². The maximum atomic E-state index is 13.0. The van der Waals surface area contributed by atoms with Crippen molar-refractivity contribution in [3.8, 4) is 5.75 Å². The molecule has 0 unspecified atom stereocenters. The van der Waals surface area contributed by atoms with Gasteiger partial charge in [0, 0.05) is 0 Å². The molecule has 0 amide bonds. The highest BCUT2D eigenvalue weighted by Gasteiger charge is 2.39. The smallest absolute Gasteiger partial charge is 0.367 e. The van der Waals surface area contributed by atoms with E-state index in [9.17, 15) is 31.3 Å². The molecule has 3 rings (SSSR count). The predicted octanol–water partition coefficient (Wildman–Crippen LogP) is 2.77. The summed E-state index contributed by atoms with van der Waals surface area (Å²) in [7, 11) is -5.95. The molecule has 10 heteroatoms. The number of ether oxygens (including phenoxy) is 2. The molecule has 7 nitrogen and oxygen atoms in total. The Kier molecular flexibility index (Phi) is 5.49. The Balaban J connectivity index is 1.61. The van der Waals surface area contributed by atoms with Gasteiger partial charge in [-0.1, -0.05) is 18.2 Å². The third kappa shape index (κ3) is 4.66. The molecule has 2 aromatic rings. The van der Waals surface area contributed by atoms with E-state index >= 15 is 0 Å². The standard InChI is InChI=1S/C19H14F2O7S/c20-19(21,29(24,25)26)11-27-17(22)13-6-8-16(9-7-13)28-18(23)15-5-4-12-2-1-3-14(12)10-15/h1-2,4-10H,3,11H2,(H,24,25,26)/p-1. The van der Waals surface area contributed by atoms with Crippen LogP contribution in [0.1, 0.15) is 31.8 Å². The minimum Gasteiger partial charge on any atom is -0.743 e. The molecule has 0 heterocycles. The van der Waals surface area contributed by atoms with E-state index in [0.717, 1.165) is 29.7 Å². The lowest BCUT2D eigenvalue weighted by atomic mass is 10.1. The number of rotatable bonds is 6. The second-order valence-electron chi connectivity index (χ2n) is 6.10. The van der Waals surface area contributed by atoms with Crippen LogP contribution >= 0.6 is 0 Å². The topological polar surface area (TPSA) is 110 Å². The first-order chi connectivity index (χ1) is 13.6. The molecule has 1 aliphatic rings. The molecule has 0 atom stereocenters. The van der Waals surface area contributed by atoms with Gasteiger partial charge in [-0.25, -0.2) is 18.0 Å². The number of hydrogen-bond donors (Lipinski definition) is 0. The maximum absolute atomic E-state index is 13.0. The van der Waals surface area contributed by atoms with Crippen LogP contribution in [0.25, 0.3) is 6.08 Å². The van der Waals surface area contributed by atoms with Gasteiger partial charge in [-0.05, 0) is 53.9 Å². The number of esters is 2. The van der Waals surface area contributed by atoms with Gasteiger partial charge in [0.05, 0.1) is 11.1 Å². The van der Waals surface area contributed by atoms with Gasteiger partial charge in [0.15, 0.2) is 16.7 Å². The van der Waals surface area contributed by atoms with E-state index in [0.29, 0.717) is 5.56 Å². The normalized spacial score (nSPS) is 13.1. The summed E-state index contributed by atoms with van der Waals surface area (Å²) in [6.07, 6.45) is 4.64. The van der Waals surface area contributed by atoms with E-state index in [1.807, 2.05) is 12.2 Å². The summed E-state index contributed by atoms with van der Waals surface area (Å²) in [6, 6.07) is 9.90. The van der Waals surface area contributed by atoms with Crippen LogP contribution in [0.15, 0.2) is 48.5 Å². The Hall–Kier alpha value is -3.11. The van der Waals surface area contributed by atoms with Gasteiger partial charge in [0.2, 0.25) is 0 Å². The minimum absolute atomic E-state index is 0.0950. The lowest BCUT2D eigenvalue weighted by molar-refractivity contribution is -0.00997. The molecule has 1 aliphatic carbocycles. The Bertz CT molecular complexity index is 1090. The van der Waals surface area contributed by atoms with Crippen molar-refractivity contribution in [2.75, 3.05) is 6.61 Å². The second-order valence-corrected chi connectivity index (χ2v) is 7.61. The van der Waals surface area contributed by atoms with Crippen molar-refractivity contribution in [3.05, 3.63) is 70.8 Å². The lowest BCUT2D eigenvalue weighted by Gasteiger charge is -2.19. The average molecular weight is 423 g/mol. The van der Waals surface area contributed by atoms with E-state index in [1.165, 1.54) is 12.1 Å². The Morgan fingerprint density at radius 3 is 2.34 bits per heavy atom. The number of alkyl halides is 2. The Morgan fingerprint density at radius 1 is 1.03 bits per heavy atom. The fraction of sp³-hybridized carbons (Fsp3) is 0.158. The van der Waals surface area contributed by atoms with E-state index in [4.69, 9.17) is 4.74 Å². The summed E-state index contributed by atoms with van der Waals surface area (Å²) >= 11 is 0. The van der Waals surface area contributed by atoms with Crippen LogP contribution in [0.4, 0.5) is 8.78 Å². The zero-order chi connectivity index (χ0) is 21.2. The van der Waals surface area contributed by atoms with E-state index < -0.39 is 33.9 Å². The second kappa shape index (κ2) is 7.72. The van der Waals surface area contributed by atoms with Crippen molar-refractivity contribution >= 4 is 28.1 Å². The molecule has 0 saturated heterocycles. The SMILES string of the molecule is O=C(OCC(F)(F)S(=O)(=O)[O-])c1ccc(OC(=O)c2ccc3c(c2)CC=C3)cc1. The van der Waals surface area contributed by atoms with E-state index in [1.54, 1.807) is 18.2 Å². The van der Waals surface area contributed by atoms with Crippen LogP contribution in [0.5, 0.6) is 5.75 Å². The van der Waals surface area contributed by atoms with Crippen molar-refractivity contribution < 1.29 is 40.8 Å². The molecule has 0 spiro atoms. The molecule has 2 aromatic carbocycles. The third-order valence-electron chi connectivity index (χ3n) is 4.05. The zero-order valence-electron chi connectivity index (χ0n) is 14.6. The first kappa shape index (κ1) is 20.6. The number of carbonyl (C=O) groups excluding carboxylic acids is 2. The van der Waals surface area contributed by atoms with Crippen LogP contribution in [0.3, 0.4) is 0 Å². The highest BCUT2D eigenvalue weighted by Crippen LogP contribution is 2.23. The molecule has 0 aromatic heterocycles. The van der Waals surface area contributed by atoms with Gasteiger partial charge in [-0.2, -0.15) is 8.78 Å². The molecule has 0 bridgehead atoms. The van der Waals surface area contributed by atoms with Gasteiger partial charge < -0.3 is 14.0 Å². The highest BCUT2D eigenvalue weighted by atomic mass is 32.2. The molecule has 152 valence electrons. The summed E-state index contributed by atoms with van der Waals surface area (Å²) in [6.45, 7) is -1.90. The summed E-state index contributed by atoms with van der Waals surface area (Å²) in [5.41, 5.74) is 2.17. The maximum Gasteiger partial charge on any atom is 0.367 e. The summed E-state index contributed by atoms with van der Waals surface area (Å²) in [5.74, 6) is -1.79. The average Bonchev–Trinajstić information content (AvgIpc) is 3.13. The number of benzene rings is 2. The molecular formula is C19H13F2O7S-. The minimum atomic E-state index is -5.95. The quantitative estimate of drug-likeness (QED) is 0.399. The third-order valence-corrected chi connectivity index (χ3v) is 4.90. The molecule has 0 aliphatic heterocycles. The summed E-state index contributed by atoms with van der Waals surface area (Å²) < 4.78 is 66.6. The Labute approximate surface area is 164 Å². The summed E-state index contributed by atoms with van der Waals surface area (Å²) in [4.78, 5) is 24.0. The van der Waals surface area contributed by atoms with Crippen LogP contribution in [0, 0.1) is 0 Å². The largest absolute Gasteiger partial charge is 0.743 e. The van der Waals surface area contributed by atoms with Crippen LogP contribution in [-0.2, 0) is 21.3 Å². The number of halogens is 2. The number of allylic oxidation sites excluding steroid dienone is 1. The van der Waals surface area contributed by atoms with Gasteiger partial charge in [-0.3, -0.25) is 0 Å². The first-order valence-corrected chi connectivity index (χ1v) is 9.60. The molecule has 0 N–H and O–H groups in total. The molecule has 0 saturated carbocycles. The number of hydrogen-bond acceptors (Lipinski definition) is 7. The van der Waals surface area contributed by atoms with Crippen LogP contribution < -0.4 is 4.74 Å². The van der Waals surface area contributed by atoms with Gasteiger partial charge in [0.25, 0.3) is 0 Å². The van der Waals surface area contributed by atoms with Crippen LogP contribution in [-0.4, -0.2) is 36.8 Å². The number of carbonyl (C=O) groups is 2. The van der Waals surface area contributed by atoms with Crippen molar-refractivity contribution in [3.63, 3.8) is 0 Å². The van der Waals surface area contributed by atoms with Crippen molar-refractivity contribution in [1.82, 2.24) is 0 Å². The van der Waals surface area contributed by atoms with Crippen LogP contribution in [0.2, 0.25) is 0 Å². The monoisotopic (exact) mass is 423 g/mol. The molecule has 0 radical (unpaired) electrons. The molecule has 0 fully saturated rings.